The summed E-state index contributed by atoms with van der Waals surface area (Å²) in [6.07, 6.45) is 5.01. The fraction of sp³-hybridized carbons (Fsp3) is 0.200. The molecule has 16 rings (SSSR count). The zero-order valence-electron chi connectivity index (χ0n) is 58.2. The molecule has 0 N–H and O–H groups in total. The standard InChI is InChI=1S/2C45H41O2Si.Zr/c2*1-26-18-21-33-34(40(26)31-14-10-8-11-15-31)24-35(38-22-19-27(2)46-38)42(33)43-36(39-23-20-28(3)47-39)25-37-44(43)41(32-16-12-9-13-17-32)29(4)30(5)45(37)48(6)7;/h2*8-25,42,48H,1-7H3;. The molecule has 4 aliphatic carbocycles. The molecule has 0 spiro atoms. The van der Waals surface area contributed by atoms with Crippen molar-refractivity contribution in [3.63, 3.8) is 0 Å². The summed E-state index contributed by atoms with van der Waals surface area (Å²) in [5, 5.41) is 3.18. The molecule has 0 aliphatic heterocycles. The van der Waals surface area contributed by atoms with Gasteiger partial charge in [0, 0.05) is 0 Å². The molecule has 8 aromatic carbocycles. The van der Waals surface area contributed by atoms with Crippen LogP contribution in [0.5, 0.6) is 0 Å². The monoisotopic (exact) mass is 1370 g/mol. The molecule has 4 aliphatic rings. The Hall–Kier alpha value is -8.84. The molecule has 4 unspecified atom stereocenters. The zero-order valence-corrected chi connectivity index (χ0v) is 63.0. The molecule has 12 aromatic rings. The van der Waals surface area contributed by atoms with E-state index >= 15 is 0 Å². The van der Waals surface area contributed by atoms with Gasteiger partial charge in [0.05, 0.1) is 0 Å². The molecule has 7 heteroatoms. The maximum absolute atomic E-state index is 7.45. The molecule has 0 bridgehead atoms. The summed E-state index contributed by atoms with van der Waals surface area (Å²) in [6.45, 7) is 33.2. The normalized spacial score (nSPS) is 17.0. The number of fused-ring (bicyclic) bond motifs is 4. The molecule has 0 amide bonds. The first kappa shape index (κ1) is 62.9. The van der Waals surface area contributed by atoms with E-state index in [0.29, 0.717) is 0 Å². The van der Waals surface area contributed by atoms with Gasteiger partial charge >= 0.3 is 592 Å². The van der Waals surface area contributed by atoms with Crippen molar-refractivity contribution >= 4 is 73.6 Å². The number of furan rings is 4. The van der Waals surface area contributed by atoms with Gasteiger partial charge in [-0.2, -0.15) is 0 Å². The van der Waals surface area contributed by atoms with Crippen LogP contribution in [0, 0.1) is 69.2 Å². The van der Waals surface area contributed by atoms with Gasteiger partial charge in [0.1, 0.15) is 0 Å². The summed E-state index contributed by atoms with van der Waals surface area (Å²) in [4.78, 5) is 0. The molecule has 4 heterocycles. The Labute approximate surface area is 587 Å². The van der Waals surface area contributed by atoms with Crippen molar-refractivity contribution < 1.29 is 40.9 Å². The van der Waals surface area contributed by atoms with E-state index < -0.39 is 40.8 Å². The van der Waals surface area contributed by atoms with Crippen LogP contribution >= 0.6 is 0 Å². The van der Waals surface area contributed by atoms with Crippen LogP contribution in [0.2, 0.25) is 26.2 Å². The Morgan fingerprint density at radius 2 is 0.608 bits per heavy atom. The number of hydrogen-bond donors (Lipinski definition) is 0. The van der Waals surface area contributed by atoms with E-state index in [1.54, 1.807) is 10.4 Å². The van der Waals surface area contributed by atoms with Gasteiger partial charge in [-0.25, -0.2) is 0 Å². The summed E-state index contributed by atoms with van der Waals surface area (Å²) in [5.74, 6) is 6.91. The molecular weight excluding hydrogens is 1290 g/mol. The van der Waals surface area contributed by atoms with Gasteiger partial charge in [-0.15, -0.1) is 0 Å². The third kappa shape index (κ3) is 10.2. The quantitative estimate of drug-likeness (QED) is 0.102. The third-order valence-corrected chi connectivity index (χ3v) is 30.0. The van der Waals surface area contributed by atoms with Gasteiger partial charge in [-0.3, -0.25) is 0 Å². The van der Waals surface area contributed by atoms with Crippen LogP contribution in [0.15, 0.2) is 212 Å². The van der Waals surface area contributed by atoms with Crippen molar-refractivity contribution in [3.8, 4) is 44.5 Å². The van der Waals surface area contributed by atoms with E-state index in [-0.39, 0.29) is 19.1 Å². The molecule has 0 saturated heterocycles. The molecule has 0 fully saturated rings. The average Bonchev–Trinajstić information content (AvgIpc) is 1.30. The number of hydrogen-bond acceptors (Lipinski definition) is 4. The van der Waals surface area contributed by atoms with E-state index in [4.69, 9.17) is 17.7 Å². The minimum absolute atomic E-state index is 0.00569. The minimum atomic E-state index is -2.10. The Bertz CT molecular complexity index is 4980. The predicted octanol–water partition coefficient (Wildman–Crippen LogP) is 22.6. The van der Waals surface area contributed by atoms with Crippen molar-refractivity contribution in [1.82, 2.24) is 0 Å². The first-order valence-corrected chi connectivity index (χ1v) is 43.4. The van der Waals surface area contributed by atoms with Crippen LogP contribution in [0.4, 0.5) is 0 Å². The Morgan fingerprint density at radius 1 is 0.299 bits per heavy atom. The fourth-order valence-electron chi connectivity index (χ4n) is 17.7. The van der Waals surface area contributed by atoms with Crippen molar-refractivity contribution in [2.24, 2.45) is 0 Å². The summed E-state index contributed by atoms with van der Waals surface area (Å²) in [5.41, 5.74) is 36.9. The van der Waals surface area contributed by atoms with Crippen molar-refractivity contribution in [3.05, 3.63) is 318 Å². The number of rotatable bonds is 14. The Morgan fingerprint density at radius 3 is 0.907 bits per heavy atom. The van der Waals surface area contributed by atoms with Crippen LogP contribution in [-0.4, -0.2) is 17.6 Å². The molecule has 4 nitrogen and oxygen atoms in total. The molecular formula is C90H82O4Si2Zr. The number of benzene rings is 8. The molecule has 4 aromatic heterocycles. The molecule has 0 saturated carbocycles. The average molecular weight is 1380 g/mol. The van der Waals surface area contributed by atoms with Crippen LogP contribution in [-0.2, 0) is 23.2 Å². The van der Waals surface area contributed by atoms with Crippen molar-refractivity contribution in [2.75, 3.05) is 0 Å². The van der Waals surface area contributed by atoms with Crippen LogP contribution in [0.3, 0.4) is 0 Å². The van der Waals surface area contributed by atoms with Gasteiger partial charge in [-0.05, 0) is 0 Å². The van der Waals surface area contributed by atoms with Gasteiger partial charge < -0.3 is 0 Å². The van der Waals surface area contributed by atoms with E-state index in [0.717, 1.165) is 46.1 Å². The summed E-state index contributed by atoms with van der Waals surface area (Å²) >= 11 is -2.10. The second-order valence-corrected chi connectivity index (χ2v) is 37.8. The van der Waals surface area contributed by atoms with E-state index in [9.17, 15) is 0 Å². The van der Waals surface area contributed by atoms with Crippen molar-refractivity contribution in [2.45, 2.75) is 115 Å². The Balaban J connectivity index is 1.08. The van der Waals surface area contributed by atoms with E-state index in [1.807, 2.05) is 0 Å². The van der Waals surface area contributed by atoms with Gasteiger partial charge in [0.25, 0.3) is 0 Å². The molecule has 478 valence electrons. The van der Waals surface area contributed by atoms with Gasteiger partial charge in [0.2, 0.25) is 0 Å². The SMILES string of the molecule is Cc1ccc(C2=Cc3c(ccc(C)c3-c3ccccc3)C2C2=C(c3ccc(C)o3)[CH]([Zr][CH]3C(c4ccc(C)o4)=C(C4C(c5ccc(C)o5)=Cc5c4ccc(C)c5-c4ccccc4)c4c(-c5ccccc5)c(C)c(C)c([SiH](C)C)c43)c3c2c(-c2ccccc2)c(C)c(C)c3[SiH](C)C)o1. The summed E-state index contributed by atoms with van der Waals surface area (Å²) < 4.78 is 28.9. The number of allylic oxidation sites excluding steroid dienone is 6. The first-order valence-electron chi connectivity index (χ1n) is 34.7. The Kier molecular flexibility index (Phi) is 16.0. The summed E-state index contributed by atoms with van der Waals surface area (Å²) in [7, 11) is -3.39. The maximum atomic E-state index is 7.45. The van der Waals surface area contributed by atoms with E-state index in [2.05, 4.69) is 302 Å². The summed E-state index contributed by atoms with van der Waals surface area (Å²) in [6, 6.07) is 72.4. The van der Waals surface area contributed by atoms with E-state index in [1.165, 1.54) is 156 Å². The van der Waals surface area contributed by atoms with Crippen LogP contribution < -0.4 is 10.4 Å². The second kappa shape index (κ2) is 24.6. The van der Waals surface area contributed by atoms with Gasteiger partial charge in [0.15, 0.2) is 0 Å². The van der Waals surface area contributed by atoms with Crippen LogP contribution in [0.1, 0.15) is 143 Å². The topological polar surface area (TPSA) is 52.6 Å². The fourth-order valence-corrected chi connectivity index (χ4v) is 27.9. The molecule has 0 radical (unpaired) electrons. The second-order valence-electron chi connectivity index (χ2n) is 28.3. The molecule has 97 heavy (non-hydrogen) atoms. The zero-order chi connectivity index (χ0) is 67.0. The first-order chi connectivity index (χ1) is 47.0. The van der Waals surface area contributed by atoms with Gasteiger partial charge in [-0.1, -0.05) is 0 Å². The third-order valence-electron chi connectivity index (χ3n) is 21.8. The number of aryl methyl sites for hydroxylation is 6. The molecule has 4 atom stereocenters. The predicted molar refractivity (Wildman–Crippen MR) is 407 cm³/mol. The van der Waals surface area contributed by atoms with Crippen molar-refractivity contribution in [1.29, 1.82) is 0 Å². The van der Waals surface area contributed by atoms with Crippen LogP contribution in [0.25, 0.3) is 90.1 Å².